The highest BCUT2D eigenvalue weighted by Gasteiger charge is 2.27. The van der Waals surface area contributed by atoms with E-state index >= 15 is 0 Å². The number of nitrogens with zero attached hydrogens (tertiary/aromatic N) is 5. The molecule has 1 aliphatic rings. The van der Waals surface area contributed by atoms with Crippen LogP contribution in [0.15, 0.2) is 54.6 Å². The Kier molecular flexibility index (Phi) is 8.15. The van der Waals surface area contributed by atoms with E-state index in [0.29, 0.717) is 31.7 Å². The van der Waals surface area contributed by atoms with Gasteiger partial charge in [-0.2, -0.15) is 5.10 Å². The zero-order chi connectivity index (χ0) is 24.8. The van der Waals surface area contributed by atoms with E-state index in [1.165, 1.54) is 12.1 Å². The van der Waals surface area contributed by atoms with Crippen molar-refractivity contribution < 1.29 is 13.9 Å². The highest BCUT2D eigenvalue weighted by atomic mass is 19.1. The summed E-state index contributed by atoms with van der Waals surface area (Å²) in [4.78, 5) is 19.9. The first-order chi connectivity index (χ1) is 17.0. The number of aromatic nitrogens is 2. The van der Waals surface area contributed by atoms with Gasteiger partial charge in [0.05, 0.1) is 17.9 Å². The fourth-order valence-electron chi connectivity index (χ4n) is 4.47. The predicted octanol–water partition coefficient (Wildman–Crippen LogP) is 3.75. The first kappa shape index (κ1) is 24.9. The molecule has 1 fully saturated rings. The average Bonchev–Trinajstić information content (AvgIpc) is 3.20. The van der Waals surface area contributed by atoms with Crippen molar-refractivity contribution in [1.29, 1.82) is 0 Å². The molecule has 1 aromatic heterocycles. The van der Waals surface area contributed by atoms with Crippen LogP contribution in [-0.2, 0) is 11.3 Å². The number of amides is 1. The molecule has 4 rings (SSSR count). The number of ether oxygens (including phenoxy) is 1. The van der Waals surface area contributed by atoms with Gasteiger partial charge in [0, 0.05) is 57.6 Å². The summed E-state index contributed by atoms with van der Waals surface area (Å²) in [5, 5.41) is 4.91. The summed E-state index contributed by atoms with van der Waals surface area (Å²) in [6, 6.07) is 16.0. The summed E-state index contributed by atoms with van der Waals surface area (Å²) in [6.07, 6.45) is 0.688. The second-order valence-corrected chi connectivity index (χ2v) is 9.01. The van der Waals surface area contributed by atoms with Crippen LogP contribution in [0, 0.1) is 12.7 Å². The van der Waals surface area contributed by atoms with Crippen LogP contribution in [0.1, 0.15) is 28.0 Å². The van der Waals surface area contributed by atoms with Crippen molar-refractivity contribution in [2.24, 2.45) is 0 Å². The number of benzene rings is 2. The van der Waals surface area contributed by atoms with Crippen LogP contribution in [0.3, 0.4) is 0 Å². The van der Waals surface area contributed by atoms with Gasteiger partial charge in [-0.25, -0.2) is 9.07 Å². The number of piperazine rings is 1. The maximum Gasteiger partial charge on any atom is 0.254 e. The minimum atomic E-state index is -0.418. The maximum absolute atomic E-state index is 13.9. The number of hydrogen-bond donors (Lipinski definition) is 0. The van der Waals surface area contributed by atoms with Crippen molar-refractivity contribution in [2.45, 2.75) is 19.9 Å². The lowest BCUT2D eigenvalue weighted by Gasteiger charge is -2.35. The lowest BCUT2D eigenvalue weighted by atomic mass is 10.1. The van der Waals surface area contributed by atoms with Crippen LogP contribution in [0.25, 0.3) is 5.69 Å². The van der Waals surface area contributed by atoms with Gasteiger partial charge >= 0.3 is 0 Å². The van der Waals surface area contributed by atoms with Gasteiger partial charge < -0.3 is 19.4 Å². The standard InChI is InChI=1S/C27H34FN5O2/c1-21-25(20-32(13-8-18-35-3)27(34)22-9-7-10-23(28)19-22)26(31-16-14-30(2)15-17-31)33(29-21)24-11-5-4-6-12-24/h4-7,9-12,19H,8,13-18,20H2,1-3H3. The molecule has 0 aliphatic carbocycles. The molecule has 186 valence electrons. The molecule has 2 heterocycles. The van der Waals surface area contributed by atoms with Crippen LogP contribution < -0.4 is 4.90 Å². The van der Waals surface area contributed by atoms with Gasteiger partial charge in [0.25, 0.3) is 5.91 Å². The van der Waals surface area contributed by atoms with Crippen LogP contribution >= 0.6 is 0 Å². The monoisotopic (exact) mass is 479 g/mol. The minimum absolute atomic E-state index is 0.197. The average molecular weight is 480 g/mol. The number of para-hydroxylation sites is 1. The maximum atomic E-state index is 13.9. The summed E-state index contributed by atoms with van der Waals surface area (Å²) in [5.41, 5.74) is 3.22. The Hall–Kier alpha value is -3.23. The van der Waals surface area contributed by atoms with Crippen molar-refractivity contribution in [2.75, 3.05) is 58.4 Å². The zero-order valence-electron chi connectivity index (χ0n) is 20.8. The van der Waals surface area contributed by atoms with E-state index in [4.69, 9.17) is 9.84 Å². The Labute approximate surface area is 206 Å². The molecule has 0 radical (unpaired) electrons. The van der Waals surface area contributed by atoms with E-state index < -0.39 is 5.82 Å². The highest BCUT2D eigenvalue weighted by molar-refractivity contribution is 5.94. The molecule has 2 aromatic carbocycles. The Balaban J connectivity index is 1.72. The number of carbonyl (C=O) groups is 1. The highest BCUT2D eigenvalue weighted by Crippen LogP contribution is 2.30. The molecule has 8 heteroatoms. The molecule has 0 N–H and O–H groups in total. The number of halogens is 1. The van der Waals surface area contributed by atoms with Crippen LogP contribution in [0.2, 0.25) is 0 Å². The van der Waals surface area contributed by atoms with Crippen LogP contribution in [0.5, 0.6) is 0 Å². The topological polar surface area (TPSA) is 53.8 Å². The number of anilines is 1. The van der Waals surface area contributed by atoms with Crippen LogP contribution in [0.4, 0.5) is 10.2 Å². The Morgan fingerprint density at radius 1 is 1.09 bits per heavy atom. The molecule has 1 saturated heterocycles. The summed E-state index contributed by atoms with van der Waals surface area (Å²) >= 11 is 0. The van der Waals surface area contributed by atoms with Gasteiger partial charge in [-0.3, -0.25) is 4.79 Å². The van der Waals surface area contributed by atoms with E-state index in [1.54, 1.807) is 24.1 Å². The summed E-state index contributed by atoms with van der Waals surface area (Å²) in [7, 11) is 3.78. The number of hydrogen-bond acceptors (Lipinski definition) is 5. The summed E-state index contributed by atoms with van der Waals surface area (Å²) in [6.45, 7) is 7.10. The largest absolute Gasteiger partial charge is 0.385 e. The van der Waals surface area contributed by atoms with Crippen molar-refractivity contribution in [3.05, 3.63) is 77.2 Å². The number of likely N-dealkylation sites (N-methyl/N-ethyl adjacent to an activating group) is 1. The third-order valence-electron chi connectivity index (χ3n) is 6.45. The molecule has 3 aromatic rings. The smallest absolute Gasteiger partial charge is 0.254 e. The molecule has 0 atom stereocenters. The fourth-order valence-corrected chi connectivity index (χ4v) is 4.47. The van der Waals surface area contributed by atoms with Crippen LogP contribution in [-0.4, -0.2) is 79.0 Å². The molecule has 0 saturated carbocycles. The quantitative estimate of drug-likeness (QED) is 0.438. The lowest BCUT2D eigenvalue weighted by molar-refractivity contribution is 0.0723. The third-order valence-corrected chi connectivity index (χ3v) is 6.45. The molecule has 7 nitrogen and oxygen atoms in total. The third kappa shape index (κ3) is 5.89. The van der Waals surface area contributed by atoms with E-state index in [1.807, 2.05) is 41.9 Å². The van der Waals surface area contributed by atoms with Crippen molar-refractivity contribution in [1.82, 2.24) is 19.6 Å². The molecule has 0 bridgehead atoms. The number of methoxy groups -OCH3 is 1. The summed E-state index contributed by atoms with van der Waals surface area (Å²) in [5.74, 6) is 0.404. The normalized spacial score (nSPS) is 14.3. The molecule has 1 aliphatic heterocycles. The predicted molar refractivity (Wildman–Crippen MR) is 136 cm³/mol. The molecule has 0 unspecified atom stereocenters. The lowest BCUT2D eigenvalue weighted by Crippen LogP contribution is -2.45. The molecule has 35 heavy (non-hydrogen) atoms. The SMILES string of the molecule is COCCCN(Cc1c(C)nn(-c2ccccc2)c1N1CCN(C)CC1)C(=O)c1cccc(F)c1. The van der Waals surface area contributed by atoms with Gasteiger partial charge in [0.1, 0.15) is 11.6 Å². The zero-order valence-corrected chi connectivity index (χ0v) is 20.8. The van der Waals surface area contributed by atoms with Gasteiger partial charge in [-0.1, -0.05) is 24.3 Å². The van der Waals surface area contributed by atoms with Gasteiger partial charge in [-0.05, 0) is 50.7 Å². The van der Waals surface area contributed by atoms with E-state index in [2.05, 4.69) is 16.8 Å². The number of carbonyl (C=O) groups excluding carboxylic acids is 1. The first-order valence-corrected chi connectivity index (χ1v) is 12.1. The Morgan fingerprint density at radius 2 is 1.83 bits per heavy atom. The Morgan fingerprint density at radius 3 is 2.51 bits per heavy atom. The van der Waals surface area contributed by atoms with E-state index in [-0.39, 0.29) is 5.91 Å². The molecular weight excluding hydrogens is 445 g/mol. The van der Waals surface area contributed by atoms with Gasteiger partial charge in [-0.15, -0.1) is 0 Å². The van der Waals surface area contributed by atoms with E-state index in [0.717, 1.165) is 48.9 Å². The molecular formula is C27H34FN5O2. The summed E-state index contributed by atoms with van der Waals surface area (Å²) < 4.78 is 21.1. The number of rotatable bonds is 9. The van der Waals surface area contributed by atoms with Gasteiger partial charge in [0.15, 0.2) is 0 Å². The second kappa shape index (κ2) is 11.5. The molecule has 1 amide bonds. The van der Waals surface area contributed by atoms with Crippen molar-refractivity contribution >= 4 is 11.7 Å². The van der Waals surface area contributed by atoms with Crippen molar-refractivity contribution in [3.8, 4) is 5.69 Å². The van der Waals surface area contributed by atoms with E-state index in [9.17, 15) is 9.18 Å². The minimum Gasteiger partial charge on any atom is -0.385 e. The second-order valence-electron chi connectivity index (χ2n) is 9.01. The van der Waals surface area contributed by atoms with Gasteiger partial charge in [0.2, 0.25) is 0 Å². The van der Waals surface area contributed by atoms with Crippen molar-refractivity contribution in [3.63, 3.8) is 0 Å². The Bertz CT molecular complexity index is 1130. The number of aryl methyl sites for hydroxylation is 1. The molecule has 0 spiro atoms. The fraction of sp³-hybridized carbons (Fsp3) is 0.407. The first-order valence-electron chi connectivity index (χ1n) is 12.1.